The molecule has 2 fully saturated rings. The number of thioether (sulfide) groups is 1. The van der Waals surface area contributed by atoms with E-state index in [0.29, 0.717) is 47.6 Å². The lowest BCUT2D eigenvalue weighted by Crippen LogP contribution is -2.52. The second-order valence-corrected chi connectivity index (χ2v) is 12.2. The lowest BCUT2D eigenvalue weighted by molar-refractivity contribution is -0.137. The van der Waals surface area contributed by atoms with Gasteiger partial charge in [0.05, 0.1) is 46.9 Å². The first-order chi connectivity index (χ1) is 18.8. The van der Waals surface area contributed by atoms with E-state index in [0.717, 1.165) is 60.4 Å². The number of amides is 1. The Kier molecular flexibility index (Phi) is 6.25. The van der Waals surface area contributed by atoms with Crippen LogP contribution in [0, 0.1) is 0 Å². The molecular weight excluding hydrogens is 551 g/mol. The molecule has 1 aliphatic carbocycles. The van der Waals surface area contributed by atoms with E-state index in [1.807, 2.05) is 0 Å². The fourth-order valence-corrected chi connectivity index (χ4v) is 7.25. The molecule has 3 aromatic rings. The molecule has 9 nitrogen and oxygen atoms in total. The summed E-state index contributed by atoms with van der Waals surface area (Å²) in [5.41, 5.74) is 1.37. The van der Waals surface area contributed by atoms with Gasteiger partial charge in [0.25, 0.3) is 5.91 Å². The normalized spacial score (nSPS) is 19.8. The number of nitrogens with zero attached hydrogens (tertiary/aromatic N) is 5. The van der Waals surface area contributed by atoms with Gasteiger partial charge in [-0.25, -0.2) is 15.0 Å². The Labute approximate surface area is 230 Å². The summed E-state index contributed by atoms with van der Waals surface area (Å²) in [7, 11) is 0. The number of nitrogens with one attached hydrogen (secondary N) is 2. The van der Waals surface area contributed by atoms with Crippen molar-refractivity contribution in [3.05, 3.63) is 39.8 Å². The van der Waals surface area contributed by atoms with E-state index in [4.69, 9.17) is 14.7 Å². The Morgan fingerprint density at radius 1 is 1.15 bits per heavy atom. The number of aromatic nitrogens is 4. The summed E-state index contributed by atoms with van der Waals surface area (Å²) in [6.07, 6.45) is -1.16. The lowest BCUT2D eigenvalue weighted by Gasteiger charge is -2.36. The van der Waals surface area contributed by atoms with Crippen molar-refractivity contribution in [2.24, 2.45) is 0 Å². The summed E-state index contributed by atoms with van der Waals surface area (Å²) in [5.74, 6) is 1.26. The first-order valence-corrected chi connectivity index (χ1v) is 14.6. The molecule has 1 saturated carbocycles. The number of carbonyl (C=O) groups is 1. The van der Waals surface area contributed by atoms with Gasteiger partial charge in [-0.05, 0) is 18.9 Å². The molecule has 7 rings (SSSR count). The number of fused-ring (bicyclic) bond motifs is 2. The van der Waals surface area contributed by atoms with Crippen LogP contribution in [0.15, 0.2) is 17.2 Å². The van der Waals surface area contributed by atoms with Crippen LogP contribution >= 0.6 is 23.1 Å². The molecule has 3 aliphatic heterocycles. The Morgan fingerprint density at radius 3 is 2.74 bits per heavy atom. The van der Waals surface area contributed by atoms with Crippen molar-refractivity contribution in [1.29, 1.82) is 0 Å². The lowest BCUT2D eigenvalue weighted by atomic mass is 10.1. The summed E-state index contributed by atoms with van der Waals surface area (Å²) in [6, 6.07) is 1.65. The van der Waals surface area contributed by atoms with E-state index in [-0.39, 0.29) is 34.4 Å². The summed E-state index contributed by atoms with van der Waals surface area (Å²) in [5, 5.41) is 6.37. The quantitative estimate of drug-likeness (QED) is 0.463. The standard InChI is InChI=1S/C25H24F3N7O2S2/c26-25(27,28)14-8-30-24(34-22-19(12-1-2-12)31-16-9-29-4-3-15(16)32-22)33-20(14)17-7-18-21(39-17)23(36)35(5-6-38-18)13-10-37-11-13/h7-8,12-13,29H,1-6,9-11H2,(H,30,32,33,34). The second-order valence-electron chi connectivity index (χ2n) is 9.97. The molecular formula is C25H24F3N7O2S2. The van der Waals surface area contributed by atoms with Crippen molar-refractivity contribution >= 4 is 40.8 Å². The monoisotopic (exact) mass is 575 g/mol. The molecule has 0 bridgehead atoms. The average Bonchev–Trinajstić information content (AvgIpc) is 3.66. The highest BCUT2D eigenvalue weighted by Crippen LogP contribution is 2.45. The van der Waals surface area contributed by atoms with Gasteiger partial charge < -0.3 is 20.3 Å². The highest BCUT2D eigenvalue weighted by molar-refractivity contribution is 7.99. The zero-order valence-electron chi connectivity index (χ0n) is 20.7. The summed E-state index contributed by atoms with van der Waals surface area (Å²) >= 11 is 2.51. The van der Waals surface area contributed by atoms with Gasteiger partial charge in [-0.3, -0.25) is 9.78 Å². The van der Waals surface area contributed by atoms with E-state index in [9.17, 15) is 18.0 Å². The minimum Gasteiger partial charge on any atom is -0.377 e. The summed E-state index contributed by atoms with van der Waals surface area (Å²) in [6.45, 7) is 2.97. The zero-order valence-corrected chi connectivity index (χ0v) is 22.3. The van der Waals surface area contributed by atoms with E-state index >= 15 is 0 Å². The van der Waals surface area contributed by atoms with Crippen molar-refractivity contribution in [1.82, 2.24) is 30.2 Å². The number of hydrogen-bond acceptors (Lipinski definition) is 10. The number of carbonyl (C=O) groups excluding carboxylic acids is 1. The fraction of sp³-hybridized carbons (Fsp3) is 0.480. The van der Waals surface area contributed by atoms with Crippen LogP contribution in [-0.4, -0.2) is 68.8 Å². The van der Waals surface area contributed by atoms with Crippen LogP contribution in [0.25, 0.3) is 10.6 Å². The number of alkyl halides is 3. The smallest absolute Gasteiger partial charge is 0.377 e. The minimum absolute atomic E-state index is 0.00404. The Hall–Kier alpha value is -2.81. The summed E-state index contributed by atoms with van der Waals surface area (Å²) in [4.78, 5) is 34.4. The first-order valence-electron chi connectivity index (χ1n) is 12.8. The minimum atomic E-state index is -4.67. The predicted molar refractivity (Wildman–Crippen MR) is 139 cm³/mol. The average molecular weight is 576 g/mol. The third-order valence-corrected chi connectivity index (χ3v) is 9.51. The van der Waals surface area contributed by atoms with E-state index in [1.165, 1.54) is 11.8 Å². The zero-order chi connectivity index (χ0) is 26.7. The van der Waals surface area contributed by atoms with Crippen molar-refractivity contribution in [3.8, 4) is 10.6 Å². The number of hydrogen-bond donors (Lipinski definition) is 2. The van der Waals surface area contributed by atoms with Crippen LogP contribution in [0.1, 0.15) is 51.1 Å². The number of ether oxygens (including phenoxy) is 1. The van der Waals surface area contributed by atoms with Gasteiger partial charge in [0.2, 0.25) is 5.95 Å². The van der Waals surface area contributed by atoms with Gasteiger partial charge in [-0.15, -0.1) is 23.1 Å². The maximum absolute atomic E-state index is 14.1. The van der Waals surface area contributed by atoms with Crippen LogP contribution in [0.3, 0.4) is 0 Å². The molecule has 0 radical (unpaired) electrons. The molecule has 0 aromatic carbocycles. The van der Waals surface area contributed by atoms with Gasteiger partial charge in [0.15, 0.2) is 5.82 Å². The Balaban J connectivity index is 1.26. The van der Waals surface area contributed by atoms with Crippen LogP contribution in [0.2, 0.25) is 0 Å². The van der Waals surface area contributed by atoms with Crippen LogP contribution in [0.5, 0.6) is 0 Å². The number of rotatable bonds is 5. The highest BCUT2D eigenvalue weighted by atomic mass is 32.2. The predicted octanol–water partition coefficient (Wildman–Crippen LogP) is 4.23. The first kappa shape index (κ1) is 25.2. The van der Waals surface area contributed by atoms with E-state index in [2.05, 4.69) is 20.6 Å². The topological polar surface area (TPSA) is 105 Å². The Morgan fingerprint density at radius 2 is 2.00 bits per heavy atom. The second kappa shape index (κ2) is 9.68. The molecule has 4 aliphatic rings. The molecule has 39 heavy (non-hydrogen) atoms. The van der Waals surface area contributed by atoms with Crippen LogP contribution in [0.4, 0.5) is 24.9 Å². The number of halogens is 3. The molecule has 204 valence electrons. The maximum atomic E-state index is 14.1. The van der Waals surface area contributed by atoms with E-state index in [1.54, 1.807) is 11.0 Å². The Bertz CT molecular complexity index is 1460. The molecule has 14 heteroatoms. The van der Waals surface area contributed by atoms with Crippen molar-refractivity contribution < 1.29 is 22.7 Å². The van der Waals surface area contributed by atoms with Crippen molar-refractivity contribution in [3.63, 3.8) is 0 Å². The summed E-state index contributed by atoms with van der Waals surface area (Å²) < 4.78 is 47.5. The third kappa shape index (κ3) is 4.77. The van der Waals surface area contributed by atoms with Gasteiger partial charge in [0, 0.05) is 48.8 Å². The van der Waals surface area contributed by atoms with Crippen LogP contribution < -0.4 is 10.6 Å². The molecule has 3 aromatic heterocycles. The molecule has 0 spiro atoms. The fourth-order valence-electron chi connectivity index (χ4n) is 4.94. The molecule has 1 amide bonds. The SMILES string of the molecule is O=C1c2sc(-c3nc(Nc4nc5c(nc4C4CC4)CNCC5)ncc3C(F)(F)F)cc2SCCN1C1COC1. The van der Waals surface area contributed by atoms with Crippen LogP contribution in [-0.2, 0) is 23.9 Å². The number of anilines is 2. The molecule has 6 heterocycles. The largest absolute Gasteiger partial charge is 0.420 e. The van der Waals surface area contributed by atoms with E-state index < -0.39 is 11.7 Å². The molecule has 0 atom stereocenters. The van der Waals surface area contributed by atoms with Gasteiger partial charge in [-0.2, -0.15) is 13.2 Å². The van der Waals surface area contributed by atoms with Gasteiger partial charge >= 0.3 is 6.18 Å². The van der Waals surface area contributed by atoms with Gasteiger partial charge in [-0.1, -0.05) is 0 Å². The molecule has 1 saturated heterocycles. The number of thiophene rings is 1. The highest BCUT2D eigenvalue weighted by Gasteiger charge is 2.38. The van der Waals surface area contributed by atoms with Gasteiger partial charge in [0.1, 0.15) is 10.4 Å². The molecule has 0 unspecified atom stereocenters. The third-order valence-electron chi connectivity index (χ3n) is 7.23. The maximum Gasteiger partial charge on any atom is 0.420 e. The van der Waals surface area contributed by atoms with Crippen molar-refractivity contribution in [2.75, 3.05) is 37.4 Å². The molecule has 2 N–H and O–H groups in total. The van der Waals surface area contributed by atoms with Crippen molar-refractivity contribution in [2.45, 2.75) is 48.8 Å².